The Morgan fingerprint density at radius 1 is 1.07 bits per heavy atom. The van der Waals surface area contributed by atoms with Crippen LogP contribution in [0.25, 0.3) is 0 Å². The lowest BCUT2D eigenvalue weighted by molar-refractivity contribution is -0.120. The number of carbonyl (C=O) groups is 1. The molecule has 2 aromatic rings. The number of anilines is 1. The predicted octanol–water partition coefficient (Wildman–Crippen LogP) is 2.66. The van der Waals surface area contributed by atoms with E-state index in [0.717, 1.165) is 15.4 Å². The molecule has 0 saturated heterocycles. The first-order chi connectivity index (χ1) is 13.7. The van der Waals surface area contributed by atoms with E-state index >= 15 is 0 Å². The van der Waals surface area contributed by atoms with E-state index < -0.39 is 15.9 Å². The topological polar surface area (TPSA) is 84.9 Å². The molecule has 0 heterocycles. The number of rotatable bonds is 9. The minimum atomic E-state index is -4.06. The van der Waals surface area contributed by atoms with Gasteiger partial charge in [-0.2, -0.15) is 0 Å². The van der Waals surface area contributed by atoms with Crippen LogP contribution < -0.4 is 14.4 Å². The largest absolute Gasteiger partial charge is 0.495 e. The number of nitrogens with one attached hydrogen (secondary N) is 1. The summed E-state index contributed by atoms with van der Waals surface area (Å²) >= 11 is 0. The molecule has 0 aliphatic rings. The molecule has 7 nitrogen and oxygen atoms in total. The maximum atomic E-state index is 13.5. The van der Waals surface area contributed by atoms with Crippen molar-refractivity contribution in [1.29, 1.82) is 0 Å². The average Bonchev–Trinajstić information content (AvgIpc) is 2.67. The van der Waals surface area contributed by atoms with Crippen LogP contribution in [0.15, 0.2) is 47.4 Å². The minimum absolute atomic E-state index is 0.0123. The number of sulfonamides is 1. The molecular weight excluding hydrogens is 392 g/mol. The molecule has 2 aromatic carbocycles. The second kappa shape index (κ2) is 9.76. The summed E-state index contributed by atoms with van der Waals surface area (Å²) in [5.74, 6) is -0.203. The van der Waals surface area contributed by atoms with Gasteiger partial charge in [0, 0.05) is 13.2 Å². The third-order valence-corrected chi connectivity index (χ3v) is 6.12. The van der Waals surface area contributed by atoms with Gasteiger partial charge in [-0.25, -0.2) is 8.42 Å². The van der Waals surface area contributed by atoms with E-state index in [1.165, 1.54) is 14.2 Å². The first-order valence-electron chi connectivity index (χ1n) is 9.21. The van der Waals surface area contributed by atoms with E-state index in [9.17, 15) is 13.2 Å². The average molecular weight is 421 g/mol. The SMILES string of the molecule is COC[C@@H](C)NC(=O)CN(c1ccc(C)cc1)S(=O)(=O)c1cc(C)ccc1OC. The number of methoxy groups -OCH3 is 2. The van der Waals surface area contributed by atoms with Crippen molar-refractivity contribution >= 4 is 21.6 Å². The zero-order valence-corrected chi connectivity index (χ0v) is 18.2. The summed E-state index contributed by atoms with van der Waals surface area (Å²) in [6.07, 6.45) is 0. The van der Waals surface area contributed by atoms with E-state index in [1.807, 2.05) is 6.92 Å². The van der Waals surface area contributed by atoms with Gasteiger partial charge in [0.2, 0.25) is 5.91 Å². The number of ether oxygens (including phenoxy) is 2. The van der Waals surface area contributed by atoms with Crippen LogP contribution in [0.3, 0.4) is 0 Å². The van der Waals surface area contributed by atoms with Gasteiger partial charge in [-0.15, -0.1) is 0 Å². The highest BCUT2D eigenvalue weighted by Gasteiger charge is 2.30. The number of carbonyl (C=O) groups excluding carboxylic acids is 1. The van der Waals surface area contributed by atoms with Crippen molar-refractivity contribution < 1.29 is 22.7 Å². The number of hydrogen-bond donors (Lipinski definition) is 1. The van der Waals surface area contributed by atoms with Crippen molar-refractivity contribution in [2.24, 2.45) is 0 Å². The Hall–Kier alpha value is -2.58. The Morgan fingerprint density at radius 2 is 1.69 bits per heavy atom. The molecule has 29 heavy (non-hydrogen) atoms. The lowest BCUT2D eigenvalue weighted by Crippen LogP contribution is -2.44. The van der Waals surface area contributed by atoms with Crippen molar-refractivity contribution in [3.63, 3.8) is 0 Å². The van der Waals surface area contributed by atoms with Gasteiger partial charge in [0.1, 0.15) is 17.2 Å². The summed E-state index contributed by atoms with van der Waals surface area (Å²) in [6, 6.07) is 11.6. The van der Waals surface area contributed by atoms with E-state index in [0.29, 0.717) is 12.3 Å². The zero-order chi connectivity index (χ0) is 21.6. The van der Waals surface area contributed by atoms with Gasteiger partial charge in [-0.3, -0.25) is 9.10 Å². The second-order valence-corrected chi connectivity index (χ2v) is 8.76. The van der Waals surface area contributed by atoms with Gasteiger partial charge in [0.15, 0.2) is 0 Å². The third-order valence-electron chi connectivity index (χ3n) is 4.32. The summed E-state index contributed by atoms with van der Waals surface area (Å²) in [5, 5.41) is 2.75. The molecule has 0 fully saturated rings. The van der Waals surface area contributed by atoms with E-state index in [2.05, 4.69) is 5.32 Å². The van der Waals surface area contributed by atoms with Crippen LogP contribution in [0.4, 0.5) is 5.69 Å². The van der Waals surface area contributed by atoms with Crippen molar-refractivity contribution in [2.45, 2.75) is 31.7 Å². The van der Waals surface area contributed by atoms with Crippen LogP contribution in [0.5, 0.6) is 5.75 Å². The van der Waals surface area contributed by atoms with Gasteiger partial charge in [-0.05, 0) is 50.6 Å². The van der Waals surface area contributed by atoms with Crippen LogP contribution in [0, 0.1) is 13.8 Å². The number of amides is 1. The van der Waals surface area contributed by atoms with Gasteiger partial charge in [-0.1, -0.05) is 23.8 Å². The third kappa shape index (κ3) is 5.71. The van der Waals surface area contributed by atoms with Crippen molar-refractivity contribution in [1.82, 2.24) is 5.32 Å². The minimum Gasteiger partial charge on any atom is -0.495 e. The summed E-state index contributed by atoms with van der Waals surface area (Å²) in [4.78, 5) is 12.6. The van der Waals surface area contributed by atoms with E-state index in [1.54, 1.807) is 56.3 Å². The monoisotopic (exact) mass is 420 g/mol. The summed E-state index contributed by atoms with van der Waals surface area (Å²) in [6.45, 7) is 5.46. The molecule has 0 saturated carbocycles. The van der Waals surface area contributed by atoms with Crippen LogP contribution in [-0.2, 0) is 19.6 Å². The Bertz CT molecular complexity index is 942. The second-order valence-electron chi connectivity index (χ2n) is 6.93. The Labute approximate surface area is 172 Å². The molecule has 2 rings (SSSR count). The molecule has 158 valence electrons. The van der Waals surface area contributed by atoms with Gasteiger partial charge in [0.25, 0.3) is 10.0 Å². The molecule has 8 heteroatoms. The number of hydrogen-bond acceptors (Lipinski definition) is 5. The highest BCUT2D eigenvalue weighted by molar-refractivity contribution is 7.93. The Balaban J connectivity index is 2.48. The maximum Gasteiger partial charge on any atom is 0.268 e. The highest BCUT2D eigenvalue weighted by atomic mass is 32.2. The van der Waals surface area contributed by atoms with Crippen LogP contribution >= 0.6 is 0 Å². The number of aryl methyl sites for hydroxylation is 2. The summed E-state index contributed by atoms with van der Waals surface area (Å²) < 4.78 is 38.5. The maximum absolute atomic E-state index is 13.5. The highest BCUT2D eigenvalue weighted by Crippen LogP contribution is 2.31. The molecule has 1 amide bonds. The number of nitrogens with zero attached hydrogens (tertiary/aromatic N) is 1. The lowest BCUT2D eigenvalue weighted by Gasteiger charge is -2.26. The van der Waals surface area contributed by atoms with Gasteiger partial charge >= 0.3 is 0 Å². The lowest BCUT2D eigenvalue weighted by atomic mass is 10.2. The van der Waals surface area contributed by atoms with Crippen LogP contribution in [-0.4, -0.2) is 47.7 Å². The molecule has 0 aliphatic heterocycles. The summed E-state index contributed by atoms with van der Waals surface area (Å²) in [5.41, 5.74) is 2.15. The smallest absolute Gasteiger partial charge is 0.268 e. The zero-order valence-electron chi connectivity index (χ0n) is 17.4. The predicted molar refractivity (Wildman–Crippen MR) is 113 cm³/mol. The molecule has 0 aliphatic carbocycles. The van der Waals surface area contributed by atoms with Gasteiger partial charge in [0.05, 0.1) is 19.4 Å². The fourth-order valence-corrected chi connectivity index (χ4v) is 4.54. The van der Waals surface area contributed by atoms with Crippen molar-refractivity contribution in [3.8, 4) is 5.75 Å². The normalized spacial score (nSPS) is 12.3. The van der Waals surface area contributed by atoms with E-state index in [4.69, 9.17) is 9.47 Å². The molecular formula is C21H28N2O5S. The standard InChI is InChI=1S/C21H28N2O5S/c1-15-6-9-18(10-7-15)23(13-21(24)22-17(3)14-27-4)29(25,26)20-12-16(2)8-11-19(20)28-5/h6-12,17H,13-14H2,1-5H3,(H,22,24)/t17-/m1/s1. The summed E-state index contributed by atoms with van der Waals surface area (Å²) in [7, 11) is -1.11. The molecule has 0 spiro atoms. The van der Waals surface area contributed by atoms with E-state index in [-0.39, 0.29) is 23.2 Å². The molecule has 0 unspecified atom stereocenters. The Morgan fingerprint density at radius 3 is 2.28 bits per heavy atom. The first kappa shape index (κ1) is 22.7. The molecule has 0 radical (unpaired) electrons. The quantitative estimate of drug-likeness (QED) is 0.674. The van der Waals surface area contributed by atoms with Crippen molar-refractivity contribution in [3.05, 3.63) is 53.6 Å². The first-order valence-corrected chi connectivity index (χ1v) is 10.7. The molecule has 0 bridgehead atoms. The fourth-order valence-electron chi connectivity index (χ4n) is 2.87. The fraction of sp³-hybridized carbons (Fsp3) is 0.381. The van der Waals surface area contributed by atoms with Gasteiger partial charge < -0.3 is 14.8 Å². The number of benzene rings is 2. The Kier molecular flexibility index (Phi) is 7.64. The van der Waals surface area contributed by atoms with Crippen molar-refractivity contribution in [2.75, 3.05) is 31.7 Å². The molecule has 1 atom stereocenters. The van der Waals surface area contributed by atoms with Crippen LogP contribution in [0.2, 0.25) is 0 Å². The molecule has 0 aromatic heterocycles. The van der Waals surface area contributed by atoms with Crippen LogP contribution in [0.1, 0.15) is 18.1 Å². The molecule has 1 N–H and O–H groups in total.